The summed E-state index contributed by atoms with van der Waals surface area (Å²) in [6.07, 6.45) is -2.06. The molecule has 0 bridgehead atoms. The molecule has 5 nitrogen and oxygen atoms in total. The Labute approximate surface area is 62.2 Å². The largest absolute Gasteiger partial charge is 0.508 e. The van der Waals surface area contributed by atoms with Crippen molar-refractivity contribution in [1.82, 2.24) is 0 Å². The number of hydrogen-bond acceptors (Lipinski definition) is 5. The van der Waals surface area contributed by atoms with E-state index < -0.39 is 29.5 Å². The van der Waals surface area contributed by atoms with Crippen molar-refractivity contribution in [2.75, 3.05) is 0 Å². The van der Waals surface area contributed by atoms with Crippen molar-refractivity contribution < 1.29 is 25.2 Å². The minimum absolute atomic E-state index is 0.255. The molecule has 1 rings (SSSR count). The van der Waals surface area contributed by atoms with E-state index in [9.17, 15) is 4.79 Å². The van der Waals surface area contributed by atoms with Crippen molar-refractivity contribution in [1.29, 1.82) is 0 Å². The van der Waals surface area contributed by atoms with Crippen LogP contribution in [0.4, 0.5) is 0 Å². The summed E-state index contributed by atoms with van der Waals surface area (Å²) in [5.41, 5.74) is 0. The first kappa shape index (κ1) is 8.03. The monoisotopic (exact) mass is 160 g/mol. The van der Waals surface area contributed by atoms with Gasteiger partial charge in [-0.05, 0) is 0 Å². The van der Waals surface area contributed by atoms with Crippen molar-refractivity contribution in [3.63, 3.8) is 0 Å². The lowest BCUT2D eigenvalue weighted by atomic mass is 10.1. The normalized spacial score (nSPS) is 25.4. The van der Waals surface area contributed by atoms with Gasteiger partial charge in [-0.1, -0.05) is 0 Å². The van der Waals surface area contributed by atoms with Gasteiger partial charge in [-0.25, -0.2) is 0 Å². The molecule has 62 valence electrons. The van der Waals surface area contributed by atoms with Crippen molar-refractivity contribution in [3.05, 3.63) is 11.5 Å². The minimum Gasteiger partial charge on any atom is -0.508 e. The van der Waals surface area contributed by atoms with Crippen molar-refractivity contribution in [2.45, 2.75) is 12.7 Å². The SMILES string of the molecule is O=C1CC(C(O)O)C(O)=C1O. The maximum absolute atomic E-state index is 10.6. The third kappa shape index (κ3) is 1.20. The van der Waals surface area contributed by atoms with Gasteiger partial charge in [0.05, 0.1) is 5.92 Å². The zero-order valence-electron chi connectivity index (χ0n) is 5.56. The Morgan fingerprint density at radius 3 is 2.09 bits per heavy atom. The molecule has 0 aromatic rings. The van der Waals surface area contributed by atoms with Crippen molar-refractivity contribution in [3.8, 4) is 0 Å². The van der Waals surface area contributed by atoms with E-state index in [4.69, 9.17) is 20.4 Å². The maximum atomic E-state index is 10.6. The number of carbonyl (C=O) groups excluding carboxylic acids is 1. The smallest absolute Gasteiger partial charge is 0.201 e. The predicted octanol–water partition coefficient (Wildman–Crippen LogP) is -0.786. The predicted molar refractivity (Wildman–Crippen MR) is 33.6 cm³/mol. The van der Waals surface area contributed by atoms with E-state index >= 15 is 0 Å². The average molecular weight is 160 g/mol. The van der Waals surface area contributed by atoms with Crippen LogP contribution >= 0.6 is 0 Å². The fourth-order valence-corrected chi connectivity index (χ4v) is 0.958. The molecule has 0 amide bonds. The molecule has 0 saturated heterocycles. The average Bonchev–Trinajstić information content (AvgIpc) is 2.17. The van der Waals surface area contributed by atoms with Crippen LogP contribution in [0, 0.1) is 5.92 Å². The number of hydrogen-bond donors (Lipinski definition) is 4. The van der Waals surface area contributed by atoms with Crippen molar-refractivity contribution in [2.24, 2.45) is 5.92 Å². The number of Topliss-reactive ketones (excluding diaryl/α,β-unsaturated/α-hetero) is 1. The fourth-order valence-electron chi connectivity index (χ4n) is 0.958. The second kappa shape index (κ2) is 2.52. The van der Waals surface area contributed by atoms with Crippen molar-refractivity contribution >= 4 is 5.78 Å². The number of aliphatic hydroxyl groups is 4. The van der Waals surface area contributed by atoms with E-state index in [2.05, 4.69) is 0 Å². The lowest BCUT2D eigenvalue weighted by Gasteiger charge is -2.09. The molecule has 5 heteroatoms. The van der Waals surface area contributed by atoms with Gasteiger partial charge in [0, 0.05) is 6.42 Å². The molecule has 0 saturated carbocycles. The summed E-state index contributed by atoms with van der Waals surface area (Å²) in [6, 6.07) is 0. The Morgan fingerprint density at radius 1 is 1.36 bits per heavy atom. The van der Waals surface area contributed by atoms with Crippen LogP contribution in [-0.2, 0) is 4.79 Å². The zero-order chi connectivity index (χ0) is 8.59. The molecular weight excluding hydrogens is 152 g/mol. The topological polar surface area (TPSA) is 98.0 Å². The van der Waals surface area contributed by atoms with E-state index in [1.54, 1.807) is 0 Å². The van der Waals surface area contributed by atoms with Gasteiger partial charge in [0.15, 0.2) is 12.0 Å². The Kier molecular flexibility index (Phi) is 1.84. The van der Waals surface area contributed by atoms with Crippen LogP contribution in [0.5, 0.6) is 0 Å². The van der Waals surface area contributed by atoms with Gasteiger partial charge in [0.1, 0.15) is 5.76 Å². The van der Waals surface area contributed by atoms with Gasteiger partial charge in [0.2, 0.25) is 5.78 Å². The quantitative estimate of drug-likeness (QED) is 0.377. The number of allylic oxidation sites excluding steroid dienone is 1. The molecule has 0 heterocycles. The number of rotatable bonds is 1. The second-order valence-corrected chi connectivity index (χ2v) is 2.38. The first-order valence-electron chi connectivity index (χ1n) is 3.05. The summed E-state index contributed by atoms with van der Waals surface area (Å²) in [7, 11) is 0. The van der Waals surface area contributed by atoms with E-state index in [0.29, 0.717) is 0 Å². The molecule has 0 fully saturated rings. The van der Waals surface area contributed by atoms with Crippen LogP contribution in [0.2, 0.25) is 0 Å². The molecule has 0 radical (unpaired) electrons. The van der Waals surface area contributed by atoms with Gasteiger partial charge in [0.25, 0.3) is 0 Å². The maximum Gasteiger partial charge on any atom is 0.201 e. The molecule has 0 aromatic heterocycles. The first-order chi connectivity index (χ1) is 5.04. The molecule has 0 spiro atoms. The number of ketones is 1. The van der Waals surface area contributed by atoms with E-state index in [0.717, 1.165) is 0 Å². The lowest BCUT2D eigenvalue weighted by Crippen LogP contribution is -2.19. The van der Waals surface area contributed by atoms with Gasteiger partial charge >= 0.3 is 0 Å². The third-order valence-electron chi connectivity index (χ3n) is 1.62. The van der Waals surface area contributed by atoms with Crippen LogP contribution in [-0.4, -0.2) is 32.5 Å². The van der Waals surface area contributed by atoms with Gasteiger partial charge in [-0.2, -0.15) is 0 Å². The molecule has 0 aromatic carbocycles. The van der Waals surface area contributed by atoms with Crippen LogP contribution in [0.1, 0.15) is 6.42 Å². The first-order valence-corrected chi connectivity index (χ1v) is 3.05. The summed E-state index contributed by atoms with van der Waals surface area (Å²) in [5.74, 6) is -3.13. The summed E-state index contributed by atoms with van der Waals surface area (Å²) in [6.45, 7) is 0. The summed E-state index contributed by atoms with van der Waals surface area (Å²) in [4.78, 5) is 10.6. The summed E-state index contributed by atoms with van der Waals surface area (Å²) < 4.78 is 0. The fraction of sp³-hybridized carbons (Fsp3) is 0.500. The molecule has 4 N–H and O–H groups in total. The van der Waals surface area contributed by atoms with E-state index in [1.807, 2.05) is 0 Å². The summed E-state index contributed by atoms with van der Waals surface area (Å²) in [5, 5.41) is 34.7. The standard InChI is InChI=1S/C6H8O5/c7-3-1-2(6(10)11)4(8)5(3)9/h2,6,8-11H,1H2. The van der Waals surface area contributed by atoms with Gasteiger partial charge in [-0.15, -0.1) is 0 Å². The number of carbonyl (C=O) groups is 1. The number of aliphatic hydroxyl groups excluding tert-OH is 3. The highest BCUT2D eigenvalue weighted by molar-refractivity contribution is 5.96. The van der Waals surface area contributed by atoms with Crippen LogP contribution in [0.25, 0.3) is 0 Å². The Hall–Kier alpha value is -1.07. The minimum atomic E-state index is -1.80. The molecular formula is C6H8O5. The molecule has 11 heavy (non-hydrogen) atoms. The van der Waals surface area contributed by atoms with E-state index in [-0.39, 0.29) is 6.42 Å². The summed E-state index contributed by atoms with van der Waals surface area (Å²) >= 11 is 0. The molecule has 1 aliphatic rings. The highest BCUT2D eigenvalue weighted by atomic mass is 16.5. The van der Waals surface area contributed by atoms with Crippen LogP contribution < -0.4 is 0 Å². The van der Waals surface area contributed by atoms with E-state index in [1.165, 1.54) is 0 Å². The zero-order valence-corrected chi connectivity index (χ0v) is 5.56. The molecule has 1 unspecified atom stereocenters. The van der Waals surface area contributed by atoms with Crippen LogP contribution in [0.3, 0.4) is 0 Å². The lowest BCUT2D eigenvalue weighted by molar-refractivity contribution is -0.121. The Morgan fingerprint density at radius 2 is 1.91 bits per heavy atom. The van der Waals surface area contributed by atoms with Crippen LogP contribution in [0.15, 0.2) is 11.5 Å². The van der Waals surface area contributed by atoms with Gasteiger partial charge in [-0.3, -0.25) is 4.79 Å². The van der Waals surface area contributed by atoms with Gasteiger partial charge < -0.3 is 20.4 Å². The molecule has 1 aliphatic carbocycles. The highest BCUT2D eigenvalue weighted by Crippen LogP contribution is 2.27. The Balaban J connectivity index is 2.86. The Bertz CT molecular complexity index is 217. The third-order valence-corrected chi connectivity index (χ3v) is 1.62. The molecule has 0 aliphatic heterocycles. The second-order valence-electron chi connectivity index (χ2n) is 2.38. The highest BCUT2D eigenvalue weighted by Gasteiger charge is 2.36. The molecule has 1 atom stereocenters.